The monoisotopic (exact) mass is 452 g/mol. The van der Waals surface area contributed by atoms with Crippen molar-refractivity contribution in [2.75, 3.05) is 18.4 Å². The molecule has 1 aliphatic rings. The minimum Gasteiger partial charge on any atom is -0.305 e. The van der Waals surface area contributed by atoms with Crippen LogP contribution in [-0.2, 0) is 12.7 Å². The van der Waals surface area contributed by atoms with E-state index in [4.69, 9.17) is 0 Å². The second-order valence-corrected chi connectivity index (χ2v) is 7.90. The maximum Gasteiger partial charge on any atom is 0.433 e. The molecule has 0 spiro atoms. The number of pyridine rings is 2. The number of H-pyrrole nitrogens is 1. The summed E-state index contributed by atoms with van der Waals surface area (Å²) in [5.41, 5.74) is 2.48. The summed E-state index contributed by atoms with van der Waals surface area (Å²) in [6, 6.07) is 10.9. The molecule has 0 saturated carbocycles. The molecular formula is C23H19F3N6O. The van der Waals surface area contributed by atoms with Crippen molar-refractivity contribution in [3.63, 3.8) is 0 Å². The molecule has 10 heteroatoms. The van der Waals surface area contributed by atoms with E-state index in [0.29, 0.717) is 10.9 Å². The molecule has 0 radical (unpaired) electrons. The first-order chi connectivity index (χ1) is 15.9. The van der Waals surface area contributed by atoms with E-state index >= 15 is 0 Å². The van der Waals surface area contributed by atoms with Gasteiger partial charge in [0.05, 0.1) is 5.52 Å². The Hall–Kier alpha value is -3.79. The largest absolute Gasteiger partial charge is 0.433 e. The highest BCUT2D eigenvalue weighted by atomic mass is 19.4. The van der Waals surface area contributed by atoms with Gasteiger partial charge in [-0.1, -0.05) is 12.1 Å². The lowest BCUT2D eigenvalue weighted by Crippen LogP contribution is -2.36. The van der Waals surface area contributed by atoms with Gasteiger partial charge in [-0.25, -0.2) is 4.98 Å². The fraction of sp³-hybridized carbons (Fsp3) is 0.217. The number of amides is 1. The fourth-order valence-corrected chi connectivity index (χ4v) is 3.73. The molecule has 7 nitrogen and oxygen atoms in total. The fourth-order valence-electron chi connectivity index (χ4n) is 3.73. The first kappa shape index (κ1) is 21.1. The van der Waals surface area contributed by atoms with Crippen LogP contribution in [0.5, 0.6) is 0 Å². The molecule has 1 aliphatic heterocycles. The lowest BCUT2D eigenvalue weighted by Gasteiger charge is -2.30. The highest BCUT2D eigenvalue weighted by Crippen LogP contribution is 2.29. The molecule has 0 atom stereocenters. The molecule has 5 rings (SSSR count). The molecule has 1 amide bonds. The Morgan fingerprint density at radius 3 is 2.70 bits per heavy atom. The molecule has 0 unspecified atom stereocenters. The van der Waals surface area contributed by atoms with Crippen molar-refractivity contribution in [2.24, 2.45) is 0 Å². The maximum absolute atomic E-state index is 12.9. The van der Waals surface area contributed by atoms with Gasteiger partial charge in [0.2, 0.25) is 0 Å². The number of nitrogens with one attached hydrogen (secondary N) is 2. The van der Waals surface area contributed by atoms with Crippen LogP contribution in [0.25, 0.3) is 22.0 Å². The number of nitrogens with zero attached hydrogens (tertiary/aromatic N) is 4. The predicted octanol–water partition coefficient (Wildman–Crippen LogP) is 4.50. The van der Waals surface area contributed by atoms with E-state index in [9.17, 15) is 18.0 Å². The van der Waals surface area contributed by atoms with Crippen molar-refractivity contribution in [1.29, 1.82) is 0 Å². The summed E-state index contributed by atoms with van der Waals surface area (Å²) in [4.78, 5) is 22.9. The molecule has 2 N–H and O–H groups in total. The van der Waals surface area contributed by atoms with Gasteiger partial charge in [0.15, 0.2) is 5.69 Å². The van der Waals surface area contributed by atoms with Crippen LogP contribution in [0.3, 0.4) is 0 Å². The van der Waals surface area contributed by atoms with Gasteiger partial charge in [-0.2, -0.15) is 18.3 Å². The van der Waals surface area contributed by atoms with Crippen LogP contribution in [0.2, 0.25) is 0 Å². The third-order valence-electron chi connectivity index (χ3n) is 5.54. The zero-order chi connectivity index (χ0) is 23.0. The number of aromatic amines is 1. The van der Waals surface area contributed by atoms with Gasteiger partial charge in [-0.3, -0.25) is 19.8 Å². The van der Waals surface area contributed by atoms with Crippen molar-refractivity contribution in [3.05, 3.63) is 71.8 Å². The lowest BCUT2D eigenvalue weighted by atomic mass is 10.0. The SMILES string of the molecule is O=C(Nc1cccc(C(F)(F)F)n1)c1n[nH]c2ccc(-c3cncc(CN4CCC4)c3)cc12. The number of likely N-dealkylation sites (tertiary alicyclic amines) is 1. The van der Waals surface area contributed by atoms with Crippen LogP contribution in [0.4, 0.5) is 19.0 Å². The van der Waals surface area contributed by atoms with Crippen molar-refractivity contribution in [1.82, 2.24) is 25.1 Å². The Morgan fingerprint density at radius 1 is 1.09 bits per heavy atom. The highest BCUT2D eigenvalue weighted by molar-refractivity contribution is 6.11. The van der Waals surface area contributed by atoms with Crippen LogP contribution in [0, 0.1) is 0 Å². The van der Waals surface area contributed by atoms with Crippen LogP contribution in [-0.4, -0.2) is 44.1 Å². The first-order valence-electron chi connectivity index (χ1n) is 10.4. The van der Waals surface area contributed by atoms with E-state index in [-0.39, 0.29) is 11.5 Å². The quantitative estimate of drug-likeness (QED) is 0.466. The van der Waals surface area contributed by atoms with Crippen LogP contribution < -0.4 is 5.32 Å². The number of anilines is 1. The number of aromatic nitrogens is 4. The number of hydrogen-bond acceptors (Lipinski definition) is 5. The molecule has 33 heavy (non-hydrogen) atoms. The van der Waals surface area contributed by atoms with Crippen LogP contribution in [0.1, 0.15) is 28.2 Å². The van der Waals surface area contributed by atoms with E-state index in [0.717, 1.165) is 42.4 Å². The molecule has 0 aliphatic carbocycles. The smallest absolute Gasteiger partial charge is 0.305 e. The molecule has 168 valence electrons. The van der Waals surface area contributed by atoms with Crippen molar-refractivity contribution in [2.45, 2.75) is 19.1 Å². The number of halogens is 3. The molecular weight excluding hydrogens is 433 g/mol. The van der Waals surface area contributed by atoms with E-state index in [2.05, 4.69) is 36.4 Å². The van der Waals surface area contributed by atoms with Crippen LogP contribution >= 0.6 is 0 Å². The van der Waals surface area contributed by atoms with Gasteiger partial charge in [0.25, 0.3) is 5.91 Å². The van der Waals surface area contributed by atoms with Crippen molar-refractivity contribution in [3.8, 4) is 11.1 Å². The third-order valence-corrected chi connectivity index (χ3v) is 5.54. The zero-order valence-corrected chi connectivity index (χ0v) is 17.4. The number of carbonyl (C=O) groups is 1. The number of hydrogen-bond donors (Lipinski definition) is 2. The van der Waals surface area contributed by atoms with Gasteiger partial charge in [0.1, 0.15) is 11.5 Å². The van der Waals surface area contributed by atoms with Crippen LogP contribution in [0.15, 0.2) is 54.9 Å². The lowest BCUT2D eigenvalue weighted by molar-refractivity contribution is -0.141. The normalized spacial score (nSPS) is 14.3. The summed E-state index contributed by atoms with van der Waals surface area (Å²) in [5.74, 6) is -0.861. The van der Waals surface area contributed by atoms with E-state index in [1.54, 1.807) is 12.3 Å². The second-order valence-electron chi connectivity index (χ2n) is 7.90. The van der Waals surface area contributed by atoms with Gasteiger partial charge in [-0.15, -0.1) is 0 Å². The highest BCUT2D eigenvalue weighted by Gasteiger charge is 2.32. The Labute approximate surface area is 186 Å². The molecule has 0 bridgehead atoms. The average Bonchev–Trinajstić information content (AvgIpc) is 3.19. The number of fused-ring (bicyclic) bond motifs is 1. The Balaban J connectivity index is 1.42. The van der Waals surface area contributed by atoms with Crippen molar-refractivity contribution < 1.29 is 18.0 Å². The molecule has 3 aromatic heterocycles. The maximum atomic E-state index is 12.9. The molecule has 4 aromatic rings. The Morgan fingerprint density at radius 2 is 1.94 bits per heavy atom. The minimum atomic E-state index is -4.60. The summed E-state index contributed by atoms with van der Waals surface area (Å²) >= 11 is 0. The summed E-state index contributed by atoms with van der Waals surface area (Å²) in [7, 11) is 0. The molecule has 1 saturated heterocycles. The number of alkyl halides is 3. The minimum absolute atomic E-state index is 0.0655. The molecule has 1 fully saturated rings. The summed E-state index contributed by atoms with van der Waals surface area (Å²) in [5, 5.41) is 9.80. The number of carbonyl (C=O) groups excluding carboxylic acids is 1. The second kappa shape index (κ2) is 8.28. The number of benzene rings is 1. The molecule has 1 aromatic carbocycles. The van der Waals surface area contributed by atoms with Gasteiger partial charge >= 0.3 is 6.18 Å². The van der Waals surface area contributed by atoms with Crippen molar-refractivity contribution >= 4 is 22.6 Å². The summed E-state index contributed by atoms with van der Waals surface area (Å²) in [6.07, 6.45) is 0.213. The van der Waals surface area contributed by atoms with Gasteiger partial charge in [-0.05, 0) is 61.0 Å². The third kappa shape index (κ3) is 4.42. The zero-order valence-electron chi connectivity index (χ0n) is 17.4. The summed E-state index contributed by atoms with van der Waals surface area (Å²) in [6.45, 7) is 3.02. The number of rotatable bonds is 5. The first-order valence-corrected chi connectivity index (χ1v) is 10.4. The summed E-state index contributed by atoms with van der Waals surface area (Å²) < 4.78 is 38.7. The molecule has 4 heterocycles. The van der Waals surface area contributed by atoms with Gasteiger partial charge < -0.3 is 5.32 Å². The van der Waals surface area contributed by atoms with E-state index in [1.165, 1.54) is 18.6 Å². The Kier molecular flexibility index (Phi) is 5.29. The standard InChI is InChI=1S/C23H19F3N6O/c24-23(25,26)19-3-1-4-20(28-19)29-22(33)21-17-10-15(5-6-18(17)30-31-21)16-9-14(11-27-12-16)13-32-7-2-8-32/h1,3-6,9-12H,2,7-8,13H2,(H,30,31)(H,28,29,33). The topological polar surface area (TPSA) is 86.8 Å². The average molecular weight is 452 g/mol. The van der Waals surface area contributed by atoms with Gasteiger partial charge in [0, 0.05) is 29.9 Å². The Bertz CT molecular complexity index is 1330. The van der Waals surface area contributed by atoms with E-state index in [1.807, 2.05) is 18.3 Å². The van der Waals surface area contributed by atoms with E-state index < -0.39 is 17.8 Å². The predicted molar refractivity (Wildman–Crippen MR) is 116 cm³/mol.